The van der Waals surface area contributed by atoms with E-state index >= 15 is 0 Å². The molecule has 0 saturated carbocycles. The SMILES string of the molecule is COc1ccc(C(=O)NCC(C)CN2CCCCC2)cc1S(=O)(=O)NCc1ccc(Cl)cc1. The minimum Gasteiger partial charge on any atom is -0.495 e. The summed E-state index contributed by atoms with van der Waals surface area (Å²) in [6.45, 7) is 5.89. The lowest BCUT2D eigenvalue weighted by atomic mass is 10.1. The first-order chi connectivity index (χ1) is 15.8. The third-order valence-corrected chi connectivity index (χ3v) is 7.40. The number of hydrogen-bond donors (Lipinski definition) is 2. The summed E-state index contributed by atoms with van der Waals surface area (Å²) in [5.41, 5.74) is 1.03. The molecule has 2 aromatic rings. The Kier molecular flexibility index (Phi) is 9.14. The maximum absolute atomic E-state index is 13.0. The highest BCUT2D eigenvalue weighted by molar-refractivity contribution is 7.89. The Bertz CT molecular complexity index is 1040. The zero-order valence-electron chi connectivity index (χ0n) is 19.1. The Balaban J connectivity index is 1.64. The molecule has 1 unspecified atom stereocenters. The van der Waals surface area contributed by atoms with Crippen LogP contribution in [0.25, 0.3) is 0 Å². The number of benzene rings is 2. The normalized spacial score (nSPS) is 15.7. The molecule has 2 aromatic carbocycles. The average molecular weight is 494 g/mol. The fourth-order valence-corrected chi connectivity index (χ4v) is 5.24. The number of halogens is 1. The van der Waals surface area contributed by atoms with Gasteiger partial charge in [-0.3, -0.25) is 4.79 Å². The number of methoxy groups -OCH3 is 1. The topological polar surface area (TPSA) is 87.7 Å². The number of rotatable bonds is 10. The Labute approximate surface area is 201 Å². The minimum absolute atomic E-state index is 0.0759. The second kappa shape index (κ2) is 11.8. The number of likely N-dealkylation sites (tertiary alicyclic amines) is 1. The van der Waals surface area contributed by atoms with Gasteiger partial charge in [0.15, 0.2) is 0 Å². The summed E-state index contributed by atoms with van der Waals surface area (Å²) in [6.07, 6.45) is 3.75. The highest BCUT2D eigenvalue weighted by Crippen LogP contribution is 2.25. The van der Waals surface area contributed by atoms with Crippen molar-refractivity contribution in [3.05, 3.63) is 58.6 Å². The van der Waals surface area contributed by atoms with Gasteiger partial charge in [-0.05, 0) is 67.7 Å². The third-order valence-electron chi connectivity index (χ3n) is 5.72. The number of nitrogens with zero attached hydrogens (tertiary/aromatic N) is 1. The molecule has 3 rings (SSSR count). The van der Waals surface area contributed by atoms with Crippen molar-refractivity contribution in [3.8, 4) is 5.75 Å². The molecule has 2 N–H and O–H groups in total. The summed E-state index contributed by atoms with van der Waals surface area (Å²) < 4.78 is 33.7. The summed E-state index contributed by atoms with van der Waals surface area (Å²) in [5.74, 6) is 0.167. The first-order valence-corrected chi connectivity index (χ1v) is 13.1. The molecule has 1 heterocycles. The summed E-state index contributed by atoms with van der Waals surface area (Å²) in [6, 6.07) is 11.3. The summed E-state index contributed by atoms with van der Waals surface area (Å²) >= 11 is 5.88. The van der Waals surface area contributed by atoms with Gasteiger partial charge in [0.2, 0.25) is 10.0 Å². The van der Waals surface area contributed by atoms with Gasteiger partial charge in [0.25, 0.3) is 5.91 Å². The molecule has 0 radical (unpaired) electrons. The smallest absolute Gasteiger partial charge is 0.251 e. The van der Waals surface area contributed by atoms with E-state index in [4.69, 9.17) is 16.3 Å². The van der Waals surface area contributed by atoms with Crippen LogP contribution in [0.4, 0.5) is 0 Å². The van der Waals surface area contributed by atoms with Crippen LogP contribution < -0.4 is 14.8 Å². The molecule has 0 spiro atoms. The van der Waals surface area contributed by atoms with Crippen LogP contribution >= 0.6 is 11.6 Å². The van der Waals surface area contributed by atoms with Gasteiger partial charge in [0, 0.05) is 30.2 Å². The van der Waals surface area contributed by atoms with Gasteiger partial charge in [-0.25, -0.2) is 13.1 Å². The van der Waals surface area contributed by atoms with Gasteiger partial charge in [0.1, 0.15) is 10.6 Å². The predicted octanol–water partition coefficient (Wildman–Crippen LogP) is 3.68. The van der Waals surface area contributed by atoms with Gasteiger partial charge in [0.05, 0.1) is 7.11 Å². The molecule has 0 bridgehead atoms. The first-order valence-electron chi connectivity index (χ1n) is 11.2. The molecule has 0 aliphatic carbocycles. The Morgan fingerprint density at radius 3 is 2.48 bits per heavy atom. The number of amides is 1. The number of carbonyl (C=O) groups excluding carboxylic acids is 1. The highest BCUT2D eigenvalue weighted by atomic mass is 35.5. The lowest BCUT2D eigenvalue weighted by molar-refractivity contribution is 0.0942. The van der Waals surface area contributed by atoms with E-state index in [0.717, 1.165) is 25.2 Å². The largest absolute Gasteiger partial charge is 0.495 e. The predicted molar refractivity (Wildman–Crippen MR) is 130 cm³/mol. The van der Waals surface area contributed by atoms with E-state index in [1.54, 1.807) is 30.3 Å². The fraction of sp³-hybridized carbons (Fsp3) is 0.458. The van der Waals surface area contributed by atoms with Crippen LogP contribution in [0, 0.1) is 5.92 Å². The molecule has 180 valence electrons. The second-order valence-electron chi connectivity index (χ2n) is 8.49. The molecular formula is C24H32ClN3O4S. The zero-order valence-corrected chi connectivity index (χ0v) is 20.7. The van der Waals surface area contributed by atoms with Crippen molar-refractivity contribution >= 4 is 27.5 Å². The highest BCUT2D eigenvalue weighted by Gasteiger charge is 2.22. The zero-order chi connectivity index (χ0) is 23.8. The van der Waals surface area contributed by atoms with Crippen molar-refractivity contribution in [2.45, 2.75) is 37.6 Å². The van der Waals surface area contributed by atoms with Crippen molar-refractivity contribution in [2.75, 3.05) is 33.3 Å². The lowest BCUT2D eigenvalue weighted by Crippen LogP contribution is -2.38. The van der Waals surface area contributed by atoms with Gasteiger partial charge in [-0.15, -0.1) is 0 Å². The van der Waals surface area contributed by atoms with E-state index in [9.17, 15) is 13.2 Å². The van der Waals surface area contributed by atoms with Crippen LogP contribution in [-0.4, -0.2) is 52.5 Å². The number of nitrogens with one attached hydrogen (secondary N) is 2. The van der Waals surface area contributed by atoms with E-state index in [0.29, 0.717) is 17.5 Å². The molecule has 9 heteroatoms. The van der Waals surface area contributed by atoms with Gasteiger partial charge in [-0.1, -0.05) is 37.1 Å². The van der Waals surface area contributed by atoms with E-state index < -0.39 is 10.0 Å². The number of hydrogen-bond acceptors (Lipinski definition) is 5. The Morgan fingerprint density at radius 2 is 1.82 bits per heavy atom. The average Bonchev–Trinajstić information content (AvgIpc) is 2.82. The molecule has 1 amide bonds. The van der Waals surface area contributed by atoms with Crippen molar-refractivity contribution in [1.29, 1.82) is 0 Å². The van der Waals surface area contributed by atoms with Crippen LogP contribution in [0.3, 0.4) is 0 Å². The molecule has 0 aromatic heterocycles. The van der Waals surface area contributed by atoms with Gasteiger partial charge < -0.3 is 15.0 Å². The van der Waals surface area contributed by atoms with Crippen molar-refractivity contribution in [1.82, 2.24) is 14.9 Å². The molecule has 1 saturated heterocycles. The van der Waals surface area contributed by atoms with Crippen LogP contribution in [0.1, 0.15) is 42.1 Å². The van der Waals surface area contributed by atoms with Crippen LogP contribution in [0.15, 0.2) is 47.4 Å². The number of ether oxygens (including phenoxy) is 1. The number of sulfonamides is 1. The maximum Gasteiger partial charge on any atom is 0.251 e. The molecule has 1 fully saturated rings. The van der Waals surface area contributed by atoms with Crippen molar-refractivity contribution < 1.29 is 17.9 Å². The standard InChI is InChI=1S/C24H32ClN3O4S/c1-18(17-28-12-4-3-5-13-28)15-26-24(29)20-8-11-22(32-2)23(14-20)33(30,31)27-16-19-6-9-21(25)10-7-19/h6-11,14,18,27H,3-5,12-13,15-17H2,1-2H3,(H,26,29). The lowest BCUT2D eigenvalue weighted by Gasteiger charge is -2.29. The van der Waals surface area contributed by atoms with Crippen LogP contribution in [0.5, 0.6) is 5.75 Å². The summed E-state index contributed by atoms with van der Waals surface area (Å²) in [7, 11) is -2.51. The van der Waals surface area contributed by atoms with Gasteiger partial charge >= 0.3 is 0 Å². The molecule has 1 atom stereocenters. The quantitative estimate of drug-likeness (QED) is 0.527. The molecule has 33 heavy (non-hydrogen) atoms. The molecular weight excluding hydrogens is 462 g/mol. The monoisotopic (exact) mass is 493 g/mol. The molecule has 1 aliphatic rings. The number of carbonyl (C=O) groups is 1. The molecule has 1 aliphatic heterocycles. The van der Waals surface area contributed by atoms with Crippen molar-refractivity contribution in [3.63, 3.8) is 0 Å². The second-order valence-corrected chi connectivity index (χ2v) is 10.7. The van der Waals surface area contributed by atoms with E-state index in [2.05, 4.69) is 21.9 Å². The van der Waals surface area contributed by atoms with Crippen LogP contribution in [0.2, 0.25) is 5.02 Å². The van der Waals surface area contributed by atoms with E-state index in [1.807, 2.05) is 0 Å². The molecule has 7 nitrogen and oxygen atoms in total. The summed E-state index contributed by atoms with van der Waals surface area (Å²) in [5, 5.41) is 3.51. The Morgan fingerprint density at radius 1 is 1.12 bits per heavy atom. The van der Waals surface area contributed by atoms with Gasteiger partial charge in [-0.2, -0.15) is 0 Å². The van der Waals surface area contributed by atoms with E-state index in [-0.39, 0.29) is 28.7 Å². The summed E-state index contributed by atoms with van der Waals surface area (Å²) in [4.78, 5) is 15.1. The minimum atomic E-state index is -3.91. The van der Waals surface area contributed by atoms with Crippen LogP contribution in [-0.2, 0) is 16.6 Å². The maximum atomic E-state index is 13.0. The first kappa shape index (κ1) is 25.5. The van der Waals surface area contributed by atoms with Crippen molar-refractivity contribution in [2.24, 2.45) is 5.92 Å². The third kappa shape index (κ3) is 7.43. The van der Waals surface area contributed by atoms with E-state index in [1.165, 1.54) is 38.5 Å². The Hall–Kier alpha value is -2.13. The number of piperidine rings is 1. The fourth-order valence-electron chi connectivity index (χ4n) is 3.90.